The van der Waals surface area contributed by atoms with Crippen LogP contribution in [0.2, 0.25) is 0 Å². The number of unbranched alkanes of at least 4 members (excludes halogenated alkanes) is 1. The lowest BCUT2D eigenvalue weighted by atomic mass is 10.3. The summed E-state index contributed by atoms with van der Waals surface area (Å²) in [6.07, 6.45) is 3.63. The van der Waals surface area contributed by atoms with E-state index in [2.05, 4.69) is 31.2 Å². The summed E-state index contributed by atoms with van der Waals surface area (Å²) in [5.41, 5.74) is 8.20. The molecule has 0 heterocycles. The average molecular weight is 163 g/mol. The Labute approximate surface area is 74.6 Å². The Kier molecular flexibility index (Phi) is 3.81. The first kappa shape index (κ1) is 9.27. The molecule has 0 saturated carbocycles. The highest BCUT2D eigenvalue weighted by molar-refractivity contribution is 5.44. The van der Waals surface area contributed by atoms with Gasteiger partial charge in [-0.3, -0.25) is 0 Å². The Morgan fingerprint density at radius 2 is 1.83 bits per heavy atom. The number of nitrogens with two attached hydrogens (primary N) is 1. The summed E-state index contributed by atoms with van der Waals surface area (Å²) in [7, 11) is 0. The molecule has 0 fully saturated rings. The van der Waals surface area contributed by atoms with Crippen LogP contribution in [0.5, 0.6) is 0 Å². The molecule has 2 N–H and O–H groups in total. The number of hydrogen-bond acceptors (Lipinski definition) is 1. The molecule has 0 radical (unpaired) electrons. The minimum Gasteiger partial charge on any atom is -0.330 e. The Balaban J connectivity index is 0.000000130. The number of fused-ring (bicyclic) bond motifs is 1. The van der Waals surface area contributed by atoms with Crippen LogP contribution in [0.1, 0.15) is 30.9 Å². The van der Waals surface area contributed by atoms with Crippen LogP contribution in [0, 0.1) is 0 Å². The highest BCUT2D eigenvalue weighted by Crippen LogP contribution is 2.25. The summed E-state index contributed by atoms with van der Waals surface area (Å²) >= 11 is 0. The Bertz CT molecular complexity index is 207. The summed E-state index contributed by atoms with van der Waals surface area (Å²) in [5.74, 6) is 0. The minimum atomic E-state index is 0.844. The Morgan fingerprint density at radius 1 is 1.25 bits per heavy atom. The van der Waals surface area contributed by atoms with Crippen molar-refractivity contribution in [3.63, 3.8) is 0 Å². The van der Waals surface area contributed by atoms with Crippen molar-refractivity contribution in [3.8, 4) is 0 Å². The van der Waals surface area contributed by atoms with E-state index >= 15 is 0 Å². The summed E-state index contributed by atoms with van der Waals surface area (Å²) in [6, 6.07) is 8.53. The van der Waals surface area contributed by atoms with Crippen molar-refractivity contribution in [1.82, 2.24) is 0 Å². The topological polar surface area (TPSA) is 26.0 Å². The van der Waals surface area contributed by atoms with Crippen molar-refractivity contribution < 1.29 is 0 Å². The molecule has 0 saturated heterocycles. The molecule has 1 aliphatic rings. The second-order valence-electron chi connectivity index (χ2n) is 3.09. The van der Waals surface area contributed by atoms with Crippen LogP contribution >= 0.6 is 0 Å². The largest absolute Gasteiger partial charge is 0.330 e. The summed E-state index contributed by atoms with van der Waals surface area (Å²) < 4.78 is 0. The SMILES string of the molecule is CCCCN.c1ccc2c(c1)C2. The van der Waals surface area contributed by atoms with Crippen LogP contribution < -0.4 is 5.73 Å². The van der Waals surface area contributed by atoms with Gasteiger partial charge in [-0.2, -0.15) is 0 Å². The first-order valence-electron chi connectivity index (χ1n) is 4.65. The quantitative estimate of drug-likeness (QED) is 0.722. The Hall–Kier alpha value is -0.820. The third kappa shape index (κ3) is 3.05. The summed E-state index contributed by atoms with van der Waals surface area (Å²) in [6.45, 7) is 2.98. The van der Waals surface area contributed by atoms with E-state index in [1.165, 1.54) is 30.4 Å². The maximum atomic E-state index is 5.14. The fourth-order valence-electron chi connectivity index (χ4n) is 1.04. The first-order valence-corrected chi connectivity index (χ1v) is 4.65. The molecule has 66 valence electrons. The molecule has 12 heavy (non-hydrogen) atoms. The van der Waals surface area contributed by atoms with Gasteiger partial charge in [-0.25, -0.2) is 0 Å². The second kappa shape index (κ2) is 4.94. The van der Waals surface area contributed by atoms with Crippen molar-refractivity contribution in [1.29, 1.82) is 0 Å². The summed E-state index contributed by atoms with van der Waals surface area (Å²) in [5, 5.41) is 0. The minimum absolute atomic E-state index is 0.844. The van der Waals surface area contributed by atoms with Gasteiger partial charge < -0.3 is 5.73 Å². The van der Waals surface area contributed by atoms with Gasteiger partial charge in [-0.1, -0.05) is 37.6 Å². The van der Waals surface area contributed by atoms with E-state index in [0.717, 1.165) is 6.54 Å². The van der Waals surface area contributed by atoms with Crippen LogP contribution in [-0.2, 0) is 6.42 Å². The van der Waals surface area contributed by atoms with Gasteiger partial charge in [0.25, 0.3) is 0 Å². The van der Waals surface area contributed by atoms with E-state index in [1.54, 1.807) is 0 Å². The molecule has 1 aliphatic carbocycles. The number of rotatable bonds is 2. The van der Waals surface area contributed by atoms with Gasteiger partial charge in [0.05, 0.1) is 0 Å². The van der Waals surface area contributed by atoms with Crippen LogP contribution in [-0.4, -0.2) is 6.54 Å². The van der Waals surface area contributed by atoms with E-state index in [9.17, 15) is 0 Å². The third-order valence-corrected chi connectivity index (χ3v) is 1.93. The van der Waals surface area contributed by atoms with Gasteiger partial charge in [0.15, 0.2) is 0 Å². The molecule has 1 aromatic rings. The highest BCUT2D eigenvalue weighted by Gasteiger charge is 2.12. The zero-order chi connectivity index (χ0) is 8.81. The van der Waals surface area contributed by atoms with Crippen LogP contribution in [0.3, 0.4) is 0 Å². The molecule has 0 aliphatic heterocycles. The van der Waals surface area contributed by atoms with Crippen molar-refractivity contribution in [2.24, 2.45) is 5.73 Å². The summed E-state index contributed by atoms with van der Waals surface area (Å²) in [4.78, 5) is 0. The molecular formula is C11H17N. The Morgan fingerprint density at radius 3 is 2.08 bits per heavy atom. The van der Waals surface area contributed by atoms with Crippen molar-refractivity contribution in [2.75, 3.05) is 6.54 Å². The van der Waals surface area contributed by atoms with Gasteiger partial charge in [0.2, 0.25) is 0 Å². The molecule has 2 rings (SSSR count). The highest BCUT2D eigenvalue weighted by atomic mass is 14.5. The monoisotopic (exact) mass is 163 g/mol. The van der Waals surface area contributed by atoms with Crippen LogP contribution in [0.4, 0.5) is 0 Å². The number of hydrogen-bond donors (Lipinski definition) is 1. The van der Waals surface area contributed by atoms with E-state index in [0.29, 0.717) is 0 Å². The lowest BCUT2D eigenvalue weighted by molar-refractivity contribution is 0.807. The molecule has 0 unspecified atom stereocenters. The molecule has 0 spiro atoms. The van der Waals surface area contributed by atoms with E-state index in [1.807, 2.05) is 0 Å². The normalized spacial score (nSPS) is 11.2. The average Bonchev–Trinajstić information content (AvgIpc) is 2.85. The zero-order valence-electron chi connectivity index (χ0n) is 7.72. The van der Waals surface area contributed by atoms with Gasteiger partial charge in [-0.15, -0.1) is 0 Å². The second-order valence-corrected chi connectivity index (χ2v) is 3.09. The zero-order valence-corrected chi connectivity index (χ0v) is 7.72. The van der Waals surface area contributed by atoms with E-state index in [-0.39, 0.29) is 0 Å². The van der Waals surface area contributed by atoms with Crippen molar-refractivity contribution in [3.05, 3.63) is 35.4 Å². The molecule has 0 bridgehead atoms. The molecule has 1 heteroatoms. The van der Waals surface area contributed by atoms with E-state index < -0.39 is 0 Å². The smallest absolute Gasteiger partial charge is 0.00201 e. The standard InChI is InChI=1S/C7H6.C4H11N/c1-2-4-7-5-6(7)3-1;1-2-3-4-5/h1-4H,5H2;2-5H2,1H3. The fourth-order valence-corrected chi connectivity index (χ4v) is 1.04. The molecule has 0 amide bonds. The molecule has 0 aromatic heterocycles. The lowest BCUT2D eigenvalue weighted by Gasteiger charge is -1.80. The van der Waals surface area contributed by atoms with Gasteiger partial charge >= 0.3 is 0 Å². The molecule has 1 nitrogen and oxygen atoms in total. The maximum Gasteiger partial charge on any atom is -0.00201 e. The fraction of sp³-hybridized carbons (Fsp3) is 0.455. The third-order valence-electron chi connectivity index (χ3n) is 1.93. The predicted octanol–water partition coefficient (Wildman–Crippen LogP) is 2.34. The van der Waals surface area contributed by atoms with Crippen LogP contribution in [0.15, 0.2) is 24.3 Å². The van der Waals surface area contributed by atoms with E-state index in [4.69, 9.17) is 5.73 Å². The molecular weight excluding hydrogens is 146 g/mol. The van der Waals surface area contributed by atoms with Crippen molar-refractivity contribution >= 4 is 0 Å². The van der Waals surface area contributed by atoms with Crippen molar-refractivity contribution in [2.45, 2.75) is 26.2 Å². The first-order chi connectivity index (χ1) is 5.88. The van der Waals surface area contributed by atoms with Gasteiger partial charge in [0, 0.05) is 0 Å². The maximum absolute atomic E-state index is 5.14. The molecule has 0 atom stereocenters. The van der Waals surface area contributed by atoms with Crippen LogP contribution in [0.25, 0.3) is 0 Å². The predicted molar refractivity (Wildman–Crippen MR) is 53.2 cm³/mol. The lowest BCUT2D eigenvalue weighted by Crippen LogP contribution is -1.95. The van der Waals surface area contributed by atoms with Gasteiger partial charge in [0.1, 0.15) is 0 Å². The number of benzene rings is 1. The van der Waals surface area contributed by atoms with Gasteiger partial charge in [-0.05, 0) is 30.5 Å². The molecule has 1 aromatic carbocycles.